The molecular weight excluding hydrogens is 228 g/mol. The van der Waals surface area contributed by atoms with Crippen LogP contribution in [-0.4, -0.2) is 17.5 Å². The maximum Gasteiger partial charge on any atom is 0.272 e. The Kier molecular flexibility index (Phi) is 5.28. The normalized spacial score (nSPS) is 12.7. The zero-order valence-corrected chi connectivity index (χ0v) is 11.6. The summed E-state index contributed by atoms with van der Waals surface area (Å²) in [5.74, 6) is 0.542. The van der Waals surface area contributed by atoms with Gasteiger partial charge in [-0.15, -0.1) is 0 Å². The fraction of sp³-hybridized carbons (Fsp3) is 0.571. The van der Waals surface area contributed by atoms with E-state index in [2.05, 4.69) is 26.1 Å². The molecule has 0 bridgehead atoms. The molecule has 0 aliphatic carbocycles. The molecule has 0 saturated carbocycles. The molecule has 1 unspecified atom stereocenters. The molecule has 0 radical (unpaired) electrons. The summed E-state index contributed by atoms with van der Waals surface area (Å²) in [6.07, 6.45) is 0.907. The molecule has 1 atom stereocenters. The number of benzene rings is 1. The number of nitro benzene ring substituents is 1. The molecule has 4 nitrogen and oxygen atoms in total. The van der Waals surface area contributed by atoms with E-state index in [-0.39, 0.29) is 10.6 Å². The Balaban J connectivity index is 2.84. The Labute approximate surface area is 109 Å². The van der Waals surface area contributed by atoms with Crippen LogP contribution in [-0.2, 0) is 6.42 Å². The van der Waals surface area contributed by atoms with Crippen LogP contribution in [0.15, 0.2) is 18.2 Å². The number of nitro groups is 1. The van der Waals surface area contributed by atoms with E-state index >= 15 is 0 Å². The fourth-order valence-corrected chi connectivity index (χ4v) is 2.11. The van der Waals surface area contributed by atoms with Gasteiger partial charge in [0.1, 0.15) is 0 Å². The van der Waals surface area contributed by atoms with Gasteiger partial charge in [-0.1, -0.05) is 26.8 Å². The molecule has 18 heavy (non-hydrogen) atoms. The lowest BCUT2D eigenvalue weighted by Crippen LogP contribution is -2.35. The largest absolute Gasteiger partial charge is 0.314 e. The van der Waals surface area contributed by atoms with E-state index in [0.29, 0.717) is 12.0 Å². The van der Waals surface area contributed by atoms with Crippen LogP contribution in [0, 0.1) is 23.0 Å². The summed E-state index contributed by atoms with van der Waals surface area (Å²) in [6.45, 7) is 9.20. The summed E-state index contributed by atoms with van der Waals surface area (Å²) >= 11 is 0. The van der Waals surface area contributed by atoms with Gasteiger partial charge in [-0.2, -0.15) is 0 Å². The number of nitrogens with zero attached hydrogens (tertiary/aromatic N) is 1. The molecule has 0 amide bonds. The highest BCUT2D eigenvalue weighted by atomic mass is 16.6. The van der Waals surface area contributed by atoms with Crippen LogP contribution < -0.4 is 5.32 Å². The van der Waals surface area contributed by atoms with Gasteiger partial charge in [-0.05, 0) is 37.4 Å². The van der Waals surface area contributed by atoms with E-state index in [1.807, 2.05) is 12.1 Å². The summed E-state index contributed by atoms with van der Waals surface area (Å²) in [5.41, 5.74) is 2.08. The van der Waals surface area contributed by atoms with Gasteiger partial charge in [0.2, 0.25) is 0 Å². The van der Waals surface area contributed by atoms with E-state index in [0.717, 1.165) is 24.1 Å². The number of nitrogens with one attached hydrogen (secondary N) is 1. The first-order valence-electron chi connectivity index (χ1n) is 6.43. The lowest BCUT2D eigenvalue weighted by Gasteiger charge is -2.22. The van der Waals surface area contributed by atoms with Crippen molar-refractivity contribution in [2.45, 2.75) is 40.2 Å². The van der Waals surface area contributed by atoms with Gasteiger partial charge in [0.05, 0.1) is 4.92 Å². The molecule has 100 valence electrons. The third-order valence-corrected chi connectivity index (χ3v) is 3.18. The van der Waals surface area contributed by atoms with Crippen LogP contribution in [0.2, 0.25) is 0 Å². The third kappa shape index (κ3) is 3.81. The molecule has 1 aromatic carbocycles. The minimum Gasteiger partial charge on any atom is -0.314 e. The number of rotatable bonds is 6. The van der Waals surface area contributed by atoms with E-state index < -0.39 is 0 Å². The van der Waals surface area contributed by atoms with E-state index in [4.69, 9.17) is 0 Å². The average Bonchev–Trinajstić information content (AvgIpc) is 2.27. The molecule has 0 aromatic heterocycles. The van der Waals surface area contributed by atoms with Crippen LogP contribution >= 0.6 is 0 Å². The topological polar surface area (TPSA) is 55.2 Å². The number of likely N-dealkylation sites (N-methyl/N-ethyl adjacent to an activating group) is 1. The summed E-state index contributed by atoms with van der Waals surface area (Å²) in [5, 5.41) is 14.2. The van der Waals surface area contributed by atoms with Gasteiger partial charge >= 0.3 is 0 Å². The van der Waals surface area contributed by atoms with Crippen LogP contribution in [0.5, 0.6) is 0 Å². The molecule has 0 fully saturated rings. The molecule has 1 rings (SSSR count). The number of aryl methyl sites for hydroxylation is 1. The average molecular weight is 250 g/mol. The highest BCUT2D eigenvalue weighted by Gasteiger charge is 2.15. The SMILES string of the molecule is CCNC(Cc1ccc([N+](=O)[O-])c(C)c1)C(C)C. The first-order chi connectivity index (χ1) is 8.45. The molecule has 4 heteroatoms. The molecular formula is C14H22N2O2. The van der Waals surface area contributed by atoms with E-state index in [1.54, 1.807) is 13.0 Å². The molecule has 0 aliphatic rings. The first-order valence-corrected chi connectivity index (χ1v) is 6.43. The van der Waals surface area contributed by atoms with Gasteiger partial charge in [0.25, 0.3) is 5.69 Å². The Bertz CT molecular complexity index is 416. The monoisotopic (exact) mass is 250 g/mol. The molecule has 1 N–H and O–H groups in total. The van der Waals surface area contributed by atoms with E-state index in [9.17, 15) is 10.1 Å². The Morgan fingerprint density at radius 1 is 1.39 bits per heavy atom. The van der Waals surface area contributed by atoms with Crippen molar-refractivity contribution < 1.29 is 4.92 Å². The maximum absolute atomic E-state index is 10.8. The molecule has 0 saturated heterocycles. The number of hydrogen-bond acceptors (Lipinski definition) is 3. The van der Waals surface area contributed by atoms with Gasteiger partial charge in [-0.25, -0.2) is 0 Å². The van der Waals surface area contributed by atoms with Crippen LogP contribution in [0.3, 0.4) is 0 Å². The minimum absolute atomic E-state index is 0.197. The van der Waals surface area contributed by atoms with Crippen molar-refractivity contribution in [3.63, 3.8) is 0 Å². The van der Waals surface area contributed by atoms with Gasteiger partial charge in [0.15, 0.2) is 0 Å². The van der Waals surface area contributed by atoms with Crippen LogP contribution in [0.4, 0.5) is 5.69 Å². The standard InChI is InChI=1S/C14H22N2O2/c1-5-15-13(10(2)3)9-12-6-7-14(16(17)18)11(4)8-12/h6-8,10,13,15H,5,9H2,1-4H3. The second kappa shape index (κ2) is 6.50. The van der Waals surface area contributed by atoms with Crippen molar-refractivity contribution in [2.24, 2.45) is 5.92 Å². The van der Waals surface area contributed by atoms with Gasteiger partial charge in [-0.3, -0.25) is 10.1 Å². The predicted octanol–water partition coefficient (Wildman–Crippen LogP) is 3.08. The summed E-state index contributed by atoms with van der Waals surface area (Å²) in [4.78, 5) is 10.4. The highest BCUT2D eigenvalue weighted by molar-refractivity contribution is 5.42. The molecule has 0 heterocycles. The fourth-order valence-electron chi connectivity index (χ4n) is 2.11. The van der Waals surface area contributed by atoms with Crippen molar-refractivity contribution in [3.05, 3.63) is 39.4 Å². The van der Waals surface area contributed by atoms with Crippen molar-refractivity contribution in [1.82, 2.24) is 5.32 Å². The molecule has 0 aliphatic heterocycles. The zero-order chi connectivity index (χ0) is 13.7. The van der Waals surface area contributed by atoms with Crippen molar-refractivity contribution in [1.29, 1.82) is 0 Å². The van der Waals surface area contributed by atoms with Crippen LogP contribution in [0.25, 0.3) is 0 Å². The third-order valence-electron chi connectivity index (χ3n) is 3.18. The second-order valence-corrected chi connectivity index (χ2v) is 4.99. The molecule has 1 aromatic rings. The van der Waals surface area contributed by atoms with E-state index in [1.165, 1.54) is 0 Å². The Morgan fingerprint density at radius 2 is 2.06 bits per heavy atom. The van der Waals surface area contributed by atoms with Crippen LogP contribution in [0.1, 0.15) is 31.9 Å². The summed E-state index contributed by atoms with van der Waals surface area (Å²) < 4.78 is 0. The predicted molar refractivity (Wildman–Crippen MR) is 73.8 cm³/mol. The first kappa shape index (κ1) is 14.6. The lowest BCUT2D eigenvalue weighted by molar-refractivity contribution is -0.385. The summed E-state index contributed by atoms with van der Waals surface area (Å²) in [6, 6.07) is 5.80. The van der Waals surface area contributed by atoms with Crippen molar-refractivity contribution >= 4 is 5.69 Å². The van der Waals surface area contributed by atoms with Crippen molar-refractivity contribution in [2.75, 3.05) is 6.54 Å². The Hall–Kier alpha value is -1.42. The summed E-state index contributed by atoms with van der Waals surface area (Å²) in [7, 11) is 0. The number of hydrogen-bond donors (Lipinski definition) is 1. The quantitative estimate of drug-likeness (QED) is 0.623. The smallest absolute Gasteiger partial charge is 0.272 e. The van der Waals surface area contributed by atoms with Crippen molar-refractivity contribution in [3.8, 4) is 0 Å². The van der Waals surface area contributed by atoms with Gasteiger partial charge in [0, 0.05) is 17.7 Å². The Morgan fingerprint density at radius 3 is 2.50 bits per heavy atom. The minimum atomic E-state index is -0.330. The highest BCUT2D eigenvalue weighted by Crippen LogP contribution is 2.20. The lowest BCUT2D eigenvalue weighted by atomic mass is 9.95. The second-order valence-electron chi connectivity index (χ2n) is 4.99. The zero-order valence-electron chi connectivity index (χ0n) is 11.6. The molecule has 0 spiro atoms. The maximum atomic E-state index is 10.8. The van der Waals surface area contributed by atoms with Gasteiger partial charge < -0.3 is 5.32 Å².